The molecule has 1 radical (unpaired) electrons. The molecule has 0 aromatic heterocycles. The molecule has 0 atom stereocenters. The second-order valence-electron chi connectivity index (χ2n) is 8.43. The summed E-state index contributed by atoms with van der Waals surface area (Å²) < 4.78 is 5.30. The minimum absolute atomic E-state index is 0. The zero-order valence-corrected chi connectivity index (χ0v) is 19.3. The average Bonchev–Trinajstić information content (AvgIpc) is 2.52. The van der Waals surface area contributed by atoms with Crippen LogP contribution >= 0.6 is 0 Å². The van der Waals surface area contributed by atoms with Crippen LogP contribution in [0.1, 0.15) is 124 Å². The van der Waals surface area contributed by atoms with Crippen molar-refractivity contribution in [1.82, 2.24) is 0 Å². The van der Waals surface area contributed by atoms with E-state index in [0.29, 0.717) is 12.8 Å². The maximum Gasteiger partial charge on any atom is 0.306 e. The smallest absolute Gasteiger partial charge is 0.306 e. The Kier molecular flexibility index (Phi) is 20.3. The van der Waals surface area contributed by atoms with Crippen molar-refractivity contribution >= 4 is 11.9 Å². The molecule has 0 fully saturated rings. The number of carboxylic acid groups (broad SMARTS) is 1. The topological polar surface area (TPSA) is 63.6 Å². The molecule has 165 valence electrons. The van der Waals surface area contributed by atoms with Gasteiger partial charge in [0.2, 0.25) is 0 Å². The molecule has 0 saturated carbocycles. The molecule has 0 unspecified atom stereocenters. The van der Waals surface area contributed by atoms with Crippen LogP contribution in [0.15, 0.2) is 0 Å². The van der Waals surface area contributed by atoms with Gasteiger partial charge >= 0.3 is 11.9 Å². The van der Waals surface area contributed by atoms with Crippen molar-refractivity contribution < 1.29 is 41.8 Å². The molecule has 0 aromatic carbocycles. The van der Waals surface area contributed by atoms with E-state index >= 15 is 0 Å². The molecule has 0 rings (SSSR count). The van der Waals surface area contributed by atoms with Gasteiger partial charge in [-0.3, -0.25) is 9.59 Å². The molecule has 0 amide bonds. The largest absolute Gasteiger partial charge is 0.481 e. The second-order valence-corrected chi connectivity index (χ2v) is 8.43. The number of aliphatic carboxylic acids is 1. The van der Waals surface area contributed by atoms with Crippen molar-refractivity contribution in [2.75, 3.05) is 0 Å². The van der Waals surface area contributed by atoms with Gasteiger partial charge in [0.05, 0.1) is 0 Å². The minimum Gasteiger partial charge on any atom is -0.481 e. The Morgan fingerprint density at radius 3 is 1.22 bits per heavy atom. The van der Waals surface area contributed by atoms with Crippen LogP contribution in [0, 0.1) is 0 Å². The minimum atomic E-state index is -0.673. The maximum atomic E-state index is 11.6. The van der Waals surface area contributed by atoms with Gasteiger partial charge in [0.25, 0.3) is 0 Å². The molecule has 5 heteroatoms. The van der Waals surface area contributed by atoms with Gasteiger partial charge in [-0.1, -0.05) is 77.0 Å². The van der Waals surface area contributed by atoms with E-state index in [1.807, 2.05) is 20.8 Å². The van der Waals surface area contributed by atoms with E-state index in [0.717, 1.165) is 25.7 Å². The summed E-state index contributed by atoms with van der Waals surface area (Å²) in [7, 11) is 0. The van der Waals surface area contributed by atoms with Crippen molar-refractivity contribution in [3.63, 3.8) is 0 Å². The molecule has 0 aliphatic rings. The summed E-state index contributed by atoms with van der Waals surface area (Å²) in [5, 5.41) is 8.56. The first-order valence-electron chi connectivity index (χ1n) is 10.7. The number of carbonyl (C=O) groups is 2. The van der Waals surface area contributed by atoms with E-state index in [4.69, 9.17) is 9.84 Å². The van der Waals surface area contributed by atoms with Gasteiger partial charge in [-0.2, -0.15) is 0 Å². The zero-order chi connectivity index (χ0) is 19.7. The summed E-state index contributed by atoms with van der Waals surface area (Å²) in [5.41, 5.74) is -0.364. The molecule has 0 spiro atoms. The van der Waals surface area contributed by atoms with E-state index in [1.54, 1.807) is 0 Å². The molecule has 0 heterocycles. The van der Waals surface area contributed by atoms with Gasteiger partial charge in [0, 0.05) is 35.2 Å². The Hall–Kier alpha value is -0.320. The number of ether oxygens (including phenoxy) is 1. The van der Waals surface area contributed by atoms with Crippen LogP contribution in [-0.2, 0) is 36.7 Å². The predicted octanol–water partition coefficient (Wildman–Crippen LogP) is 6.65. The van der Waals surface area contributed by atoms with Crippen molar-refractivity contribution in [2.24, 2.45) is 0 Å². The first kappa shape index (κ1) is 28.9. The molecule has 0 saturated heterocycles. The number of carbonyl (C=O) groups excluding carboxylic acids is 1. The molecule has 0 bridgehead atoms. The Labute approximate surface area is 182 Å². The Bertz CT molecular complexity index is 364. The second kappa shape index (κ2) is 19.0. The zero-order valence-electron chi connectivity index (χ0n) is 17.8. The molecule has 4 nitrogen and oxygen atoms in total. The van der Waals surface area contributed by atoms with Crippen molar-refractivity contribution in [2.45, 2.75) is 129 Å². The van der Waals surface area contributed by atoms with Gasteiger partial charge in [0.15, 0.2) is 0 Å². The predicted molar refractivity (Wildman–Crippen MR) is 107 cm³/mol. The first-order chi connectivity index (χ1) is 12.3. The Morgan fingerprint density at radius 2 is 0.926 bits per heavy atom. The van der Waals surface area contributed by atoms with Crippen molar-refractivity contribution in [1.29, 1.82) is 0 Å². The number of hydrogen-bond donors (Lipinski definition) is 1. The SMILES string of the molecule is CC(C)(C)OC(=O)CCCCCCCCCCCCCCCCC(=O)O.[Ag]. The number of carboxylic acids is 1. The molecule has 1 N–H and O–H groups in total. The van der Waals surface area contributed by atoms with Gasteiger partial charge in [0.1, 0.15) is 5.60 Å². The fourth-order valence-electron chi connectivity index (χ4n) is 3.06. The average molecular weight is 478 g/mol. The van der Waals surface area contributed by atoms with Gasteiger partial charge in [-0.25, -0.2) is 0 Å². The van der Waals surface area contributed by atoms with Gasteiger partial charge in [-0.05, 0) is 33.6 Å². The fraction of sp³-hybridized carbons (Fsp3) is 0.909. The quantitative estimate of drug-likeness (QED) is 0.144. The van der Waals surface area contributed by atoms with E-state index in [1.165, 1.54) is 64.2 Å². The van der Waals surface area contributed by atoms with Crippen molar-refractivity contribution in [3.8, 4) is 0 Å². The van der Waals surface area contributed by atoms with Crippen LogP contribution in [0.2, 0.25) is 0 Å². The first-order valence-corrected chi connectivity index (χ1v) is 10.7. The molecule has 0 aliphatic carbocycles. The molecule has 27 heavy (non-hydrogen) atoms. The van der Waals surface area contributed by atoms with E-state index in [-0.39, 0.29) is 34.0 Å². The van der Waals surface area contributed by atoms with Crippen LogP contribution < -0.4 is 0 Å². The Balaban J connectivity index is 0. The molecular formula is C22H42AgO4. The van der Waals surface area contributed by atoms with Crippen LogP contribution in [0.25, 0.3) is 0 Å². The van der Waals surface area contributed by atoms with Gasteiger partial charge < -0.3 is 9.84 Å². The summed E-state index contributed by atoms with van der Waals surface area (Å²) in [5.74, 6) is -0.743. The number of esters is 1. The maximum absolute atomic E-state index is 11.6. The monoisotopic (exact) mass is 477 g/mol. The van der Waals surface area contributed by atoms with E-state index in [2.05, 4.69) is 0 Å². The van der Waals surface area contributed by atoms with Crippen LogP contribution in [0.3, 0.4) is 0 Å². The normalized spacial score (nSPS) is 11.1. The third kappa shape index (κ3) is 25.7. The van der Waals surface area contributed by atoms with Crippen molar-refractivity contribution in [3.05, 3.63) is 0 Å². The van der Waals surface area contributed by atoms with Crippen LogP contribution in [0.5, 0.6) is 0 Å². The number of unbranched alkanes of at least 4 members (excludes halogenated alkanes) is 13. The molecular weight excluding hydrogens is 436 g/mol. The third-order valence-corrected chi connectivity index (χ3v) is 4.44. The molecule has 0 aliphatic heterocycles. The van der Waals surface area contributed by atoms with E-state index in [9.17, 15) is 9.59 Å². The number of rotatable bonds is 17. The Morgan fingerprint density at radius 1 is 0.630 bits per heavy atom. The third-order valence-electron chi connectivity index (χ3n) is 4.44. The van der Waals surface area contributed by atoms with Crippen LogP contribution in [-0.4, -0.2) is 22.6 Å². The summed E-state index contributed by atoms with van der Waals surface area (Å²) >= 11 is 0. The number of hydrogen-bond acceptors (Lipinski definition) is 3. The van der Waals surface area contributed by atoms with Crippen LogP contribution in [0.4, 0.5) is 0 Å². The summed E-state index contributed by atoms with van der Waals surface area (Å²) in [6, 6.07) is 0. The van der Waals surface area contributed by atoms with E-state index < -0.39 is 5.97 Å². The molecule has 0 aromatic rings. The summed E-state index contributed by atoms with van der Waals surface area (Å²) in [6.07, 6.45) is 17.6. The summed E-state index contributed by atoms with van der Waals surface area (Å²) in [4.78, 5) is 22.0. The summed E-state index contributed by atoms with van der Waals surface area (Å²) in [6.45, 7) is 5.73. The fourth-order valence-corrected chi connectivity index (χ4v) is 3.06. The standard InChI is InChI=1S/C22H42O4.Ag/c1-22(2,3)26-21(25)19-17-15-13-11-9-7-5-4-6-8-10-12-14-16-18-20(23)24;/h4-19H2,1-3H3,(H,23,24);. The van der Waals surface area contributed by atoms with Gasteiger partial charge in [-0.15, -0.1) is 0 Å².